The van der Waals surface area contributed by atoms with Crippen LogP contribution in [0.25, 0.3) is 0 Å². The molecule has 25 heavy (non-hydrogen) atoms. The average Bonchev–Trinajstić information content (AvgIpc) is 3.27. The fraction of sp³-hybridized carbons (Fsp3) is 0.588. The molecule has 3 rings (SSSR count). The summed E-state index contributed by atoms with van der Waals surface area (Å²) in [6.07, 6.45) is 9.14. The first-order valence-corrected chi connectivity index (χ1v) is 8.45. The van der Waals surface area contributed by atoms with Crippen LogP contribution in [0.2, 0.25) is 0 Å². The highest BCUT2D eigenvalue weighted by Gasteiger charge is 2.40. The zero-order chi connectivity index (χ0) is 17.9. The molecule has 1 aromatic rings. The maximum atomic E-state index is 12.5. The minimum Gasteiger partial charge on any atom is -0.461 e. The molecule has 0 radical (unpaired) electrons. The van der Waals surface area contributed by atoms with E-state index in [1.807, 2.05) is 4.57 Å². The molecule has 0 fully saturated rings. The summed E-state index contributed by atoms with van der Waals surface area (Å²) >= 11 is 0. The third-order valence-corrected chi connectivity index (χ3v) is 4.51. The number of ether oxygens (including phenoxy) is 1. The monoisotopic (exact) mass is 343 g/mol. The number of hydrogen-bond donors (Lipinski definition) is 0. The first-order chi connectivity index (χ1) is 12.1. The molecular weight excluding hydrogens is 322 g/mol. The highest BCUT2D eigenvalue weighted by molar-refractivity contribution is 5.88. The van der Waals surface area contributed by atoms with Gasteiger partial charge in [0.2, 0.25) is 5.91 Å². The maximum Gasteiger partial charge on any atom is 0.358 e. The molecule has 132 valence electrons. The molecule has 0 atom stereocenters. The number of hydrogen-bond acceptors (Lipinski definition) is 6. The number of aromatic nitrogens is 2. The second kappa shape index (κ2) is 7.05. The number of carbonyl (C=O) groups is 2. The lowest BCUT2D eigenvalue weighted by Gasteiger charge is -2.29. The van der Waals surface area contributed by atoms with Crippen molar-refractivity contribution in [3.8, 4) is 12.3 Å². The van der Waals surface area contributed by atoms with E-state index in [1.54, 1.807) is 18.2 Å². The van der Waals surface area contributed by atoms with E-state index in [2.05, 4.69) is 21.1 Å². The number of rotatable bonds is 7. The number of carbonyl (C=O) groups excluding carboxylic acids is 2. The first-order valence-electron chi connectivity index (χ1n) is 8.45. The van der Waals surface area contributed by atoms with Gasteiger partial charge in [0.25, 0.3) is 0 Å². The van der Waals surface area contributed by atoms with Crippen LogP contribution in [0, 0.1) is 12.3 Å². The molecule has 2 aliphatic heterocycles. The maximum absolute atomic E-state index is 12.5. The van der Waals surface area contributed by atoms with E-state index in [-0.39, 0.29) is 11.6 Å². The van der Waals surface area contributed by atoms with Gasteiger partial charge in [-0.05, 0) is 6.92 Å². The van der Waals surface area contributed by atoms with E-state index < -0.39 is 11.6 Å². The van der Waals surface area contributed by atoms with Crippen LogP contribution < -0.4 is 0 Å². The van der Waals surface area contributed by atoms with E-state index in [1.165, 1.54) is 0 Å². The molecule has 0 saturated heterocycles. The normalized spacial score (nSPS) is 16.9. The predicted octanol–water partition coefficient (Wildman–Crippen LogP) is 1.76. The van der Waals surface area contributed by atoms with Gasteiger partial charge in [-0.15, -0.1) is 12.3 Å². The minimum absolute atomic E-state index is 0.0274. The Morgan fingerprint density at radius 3 is 2.84 bits per heavy atom. The number of fused-ring (bicyclic) bond motifs is 1. The van der Waals surface area contributed by atoms with Crippen LogP contribution in [-0.2, 0) is 22.6 Å². The Kier molecular flexibility index (Phi) is 4.83. The lowest BCUT2D eigenvalue weighted by atomic mass is 10.0. The van der Waals surface area contributed by atoms with E-state index in [0.717, 1.165) is 5.69 Å². The lowest BCUT2D eigenvalue weighted by molar-refractivity contribution is -0.132. The van der Waals surface area contributed by atoms with Crippen molar-refractivity contribution >= 4 is 11.9 Å². The molecule has 0 N–H and O–H groups in total. The van der Waals surface area contributed by atoms with Crippen molar-refractivity contribution < 1.29 is 14.3 Å². The Balaban J connectivity index is 1.59. The van der Waals surface area contributed by atoms with Crippen molar-refractivity contribution in [2.75, 3.05) is 13.2 Å². The minimum atomic E-state index is -0.450. The quantitative estimate of drug-likeness (QED) is 0.557. The van der Waals surface area contributed by atoms with Crippen molar-refractivity contribution in [2.24, 2.45) is 10.2 Å². The van der Waals surface area contributed by atoms with Gasteiger partial charge in [0.05, 0.1) is 25.2 Å². The fourth-order valence-electron chi connectivity index (χ4n) is 2.97. The zero-order valence-electron chi connectivity index (χ0n) is 14.3. The van der Waals surface area contributed by atoms with Crippen molar-refractivity contribution in [1.29, 1.82) is 0 Å². The molecule has 0 unspecified atom stereocenters. The number of imidazole rings is 1. The van der Waals surface area contributed by atoms with E-state index in [9.17, 15) is 9.59 Å². The molecular formula is C17H21N5O3. The van der Waals surface area contributed by atoms with Gasteiger partial charge in [0.1, 0.15) is 0 Å². The van der Waals surface area contributed by atoms with E-state index in [4.69, 9.17) is 11.2 Å². The SMILES string of the molecule is C#CCCC1(CCC(=O)N2CCn3cnc(C(=O)OCC)c3C2)N=N1. The number of amides is 1. The molecule has 1 amide bonds. The van der Waals surface area contributed by atoms with Crippen LogP contribution in [-0.4, -0.2) is 45.1 Å². The Morgan fingerprint density at radius 1 is 1.36 bits per heavy atom. The third-order valence-electron chi connectivity index (χ3n) is 4.51. The Morgan fingerprint density at radius 2 is 2.16 bits per heavy atom. The summed E-state index contributed by atoms with van der Waals surface area (Å²) in [5, 5.41) is 8.11. The molecule has 0 bridgehead atoms. The summed E-state index contributed by atoms with van der Waals surface area (Å²) in [6, 6.07) is 0. The number of terminal acetylenes is 1. The Hall–Kier alpha value is -2.69. The molecule has 0 aromatic carbocycles. The first kappa shape index (κ1) is 17.1. The Labute approximate surface area is 146 Å². The van der Waals surface area contributed by atoms with E-state index in [0.29, 0.717) is 51.9 Å². The molecule has 0 aliphatic carbocycles. The van der Waals surface area contributed by atoms with Gasteiger partial charge in [-0.3, -0.25) is 4.79 Å². The topological polar surface area (TPSA) is 89.2 Å². The van der Waals surface area contributed by atoms with Gasteiger partial charge < -0.3 is 14.2 Å². The zero-order valence-corrected chi connectivity index (χ0v) is 14.3. The van der Waals surface area contributed by atoms with Crippen molar-refractivity contribution in [1.82, 2.24) is 14.5 Å². The number of nitrogens with zero attached hydrogens (tertiary/aromatic N) is 5. The van der Waals surface area contributed by atoms with Gasteiger partial charge >= 0.3 is 5.97 Å². The molecule has 0 spiro atoms. The molecule has 8 nitrogen and oxygen atoms in total. The van der Waals surface area contributed by atoms with Crippen molar-refractivity contribution in [3.05, 3.63) is 17.7 Å². The fourth-order valence-corrected chi connectivity index (χ4v) is 2.97. The molecule has 3 heterocycles. The Bertz CT molecular complexity index is 740. The highest BCUT2D eigenvalue weighted by atomic mass is 16.5. The summed E-state index contributed by atoms with van der Waals surface area (Å²) in [7, 11) is 0. The standard InChI is InChI=1S/C17H21N5O3/c1-3-5-7-17(19-20-17)8-6-14(23)21-9-10-22-12-18-15(13(22)11-21)16(24)25-4-2/h1,12H,4-11H2,2H3. The smallest absolute Gasteiger partial charge is 0.358 e. The highest BCUT2D eigenvalue weighted by Crippen LogP contribution is 2.37. The van der Waals surface area contributed by atoms with Crippen LogP contribution in [0.3, 0.4) is 0 Å². The van der Waals surface area contributed by atoms with Crippen LogP contribution in [0.4, 0.5) is 0 Å². The summed E-state index contributed by atoms with van der Waals surface area (Å²) in [5.74, 6) is 2.16. The predicted molar refractivity (Wildman–Crippen MR) is 88.5 cm³/mol. The summed E-state index contributed by atoms with van der Waals surface area (Å²) in [5.41, 5.74) is 0.563. The average molecular weight is 343 g/mol. The molecule has 8 heteroatoms. The van der Waals surface area contributed by atoms with Crippen molar-refractivity contribution in [2.45, 2.75) is 51.4 Å². The van der Waals surface area contributed by atoms with Gasteiger partial charge in [0.15, 0.2) is 11.4 Å². The summed E-state index contributed by atoms with van der Waals surface area (Å²) in [4.78, 5) is 30.4. The van der Waals surface area contributed by atoms with E-state index >= 15 is 0 Å². The van der Waals surface area contributed by atoms with Gasteiger partial charge in [-0.1, -0.05) is 0 Å². The largest absolute Gasteiger partial charge is 0.461 e. The molecule has 0 saturated carbocycles. The second-order valence-electron chi connectivity index (χ2n) is 6.16. The van der Waals surface area contributed by atoms with Gasteiger partial charge in [-0.25, -0.2) is 9.78 Å². The van der Waals surface area contributed by atoms with Crippen LogP contribution in [0.5, 0.6) is 0 Å². The molecule has 1 aromatic heterocycles. The summed E-state index contributed by atoms with van der Waals surface area (Å²) in [6.45, 7) is 3.61. The van der Waals surface area contributed by atoms with Crippen LogP contribution >= 0.6 is 0 Å². The number of esters is 1. The van der Waals surface area contributed by atoms with Gasteiger partial charge in [0, 0.05) is 38.8 Å². The third kappa shape index (κ3) is 3.71. The van der Waals surface area contributed by atoms with Crippen LogP contribution in [0.15, 0.2) is 16.6 Å². The van der Waals surface area contributed by atoms with Crippen molar-refractivity contribution in [3.63, 3.8) is 0 Å². The van der Waals surface area contributed by atoms with Gasteiger partial charge in [-0.2, -0.15) is 10.2 Å². The van der Waals surface area contributed by atoms with Crippen LogP contribution in [0.1, 0.15) is 48.8 Å². The molecule has 2 aliphatic rings. The second-order valence-corrected chi connectivity index (χ2v) is 6.16. The lowest BCUT2D eigenvalue weighted by Crippen LogP contribution is -2.39. The summed E-state index contributed by atoms with van der Waals surface area (Å²) < 4.78 is 6.93.